The Morgan fingerprint density at radius 3 is 2.64 bits per heavy atom. The van der Waals surface area contributed by atoms with E-state index in [1.807, 2.05) is 6.08 Å². The van der Waals surface area contributed by atoms with Crippen molar-refractivity contribution in [1.82, 2.24) is 9.97 Å². The summed E-state index contributed by atoms with van der Waals surface area (Å²) in [5, 5.41) is 11.5. The molecule has 1 aromatic rings. The SMILES string of the molecule is C=CCCC1C[C@H](CCC)[C@@H](C)[C@H]1Oc1nc(C)nc(C)c1[N+](=O)[O-]. The third kappa shape index (κ3) is 4.35. The molecule has 1 fully saturated rings. The van der Waals surface area contributed by atoms with E-state index < -0.39 is 4.92 Å². The van der Waals surface area contributed by atoms with Gasteiger partial charge in [0.1, 0.15) is 17.6 Å². The molecule has 1 aromatic heterocycles. The Morgan fingerprint density at radius 1 is 1.32 bits per heavy atom. The van der Waals surface area contributed by atoms with Crippen LogP contribution in [0.15, 0.2) is 12.7 Å². The van der Waals surface area contributed by atoms with Crippen LogP contribution in [0.4, 0.5) is 5.69 Å². The maximum Gasteiger partial charge on any atom is 0.351 e. The van der Waals surface area contributed by atoms with Crippen molar-refractivity contribution in [3.63, 3.8) is 0 Å². The van der Waals surface area contributed by atoms with Crippen molar-refractivity contribution in [3.05, 3.63) is 34.3 Å². The molecule has 0 amide bonds. The van der Waals surface area contributed by atoms with E-state index in [1.54, 1.807) is 13.8 Å². The highest BCUT2D eigenvalue weighted by Crippen LogP contribution is 2.44. The van der Waals surface area contributed by atoms with Crippen LogP contribution in [0.5, 0.6) is 5.88 Å². The van der Waals surface area contributed by atoms with Crippen molar-refractivity contribution in [1.29, 1.82) is 0 Å². The lowest BCUT2D eigenvalue weighted by Crippen LogP contribution is -2.29. The van der Waals surface area contributed by atoms with Crippen LogP contribution >= 0.6 is 0 Å². The van der Waals surface area contributed by atoms with Gasteiger partial charge in [0.25, 0.3) is 5.88 Å². The third-order valence-electron chi connectivity index (χ3n) is 5.30. The molecule has 0 aromatic carbocycles. The lowest BCUT2D eigenvalue weighted by Gasteiger charge is -2.24. The number of ether oxygens (including phenoxy) is 1. The quantitative estimate of drug-likeness (QED) is 0.384. The molecule has 1 heterocycles. The lowest BCUT2D eigenvalue weighted by molar-refractivity contribution is -0.387. The predicted molar refractivity (Wildman–Crippen MR) is 97.7 cm³/mol. The molecule has 1 aliphatic carbocycles. The highest BCUT2D eigenvalue weighted by molar-refractivity contribution is 5.44. The average Bonchev–Trinajstić information content (AvgIpc) is 2.81. The Morgan fingerprint density at radius 2 is 2.04 bits per heavy atom. The zero-order valence-corrected chi connectivity index (χ0v) is 15.7. The number of hydrogen-bond donors (Lipinski definition) is 0. The average molecular weight is 347 g/mol. The van der Waals surface area contributed by atoms with Crippen LogP contribution in [0.2, 0.25) is 0 Å². The first-order valence-electron chi connectivity index (χ1n) is 9.16. The summed E-state index contributed by atoms with van der Waals surface area (Å²) in [4.78, 5) is 19.4. The number of allylic oxidation sites excluding steroid dienone is 1. The first-order chi connectivity index (χ1) is 11.9. The first kappa shape index (κ1) is 19.3. The van der Waals surface area contributed by atoms with Gasteiger partial charge in [0.2, 0.25) is 0 Å². The smallest absolute Gasteiger partial charge is 0.351 e. The van der Waals surface area contributed by atoms with Crippen molar-refractivity contribution < 1.29 is 9.66 Å². The van der Waals surface area contributed by atoms with Crippen LogP contribution in [-0.4, -0.2) is 21.0 Å². The summed E-state index contributed by atoms with van der Waals surface area (Å²) in [5.41, 5.74) is 0.241. The van der Waals surface area contributed by atoms with Gasteiger partial charge in [-0.05, 0) is 50.9 Å². The van der Waals surface area contributed by atoms with Gasteiger partial charge >= 0.3 is 5.69 Å². The normalized spacial score (nSPS) is 25.8. The molecular formula is C19H29N3O3. The summed E-state index contributed by atoms with van der Waals surface area (Å²) in [7, 11) is 0. The van der Waals surface area contributed by atoms with Gasteiger partial charge in [0.15, 0.2) is 0 Å². The van der Waals surface area contributed by atoms with E-state index in [-0.39, 0.29) is 17.7 Å². The molecule has 6 heteroatoms. The highest BCUT2D eigenvalue weighted by Gasteiger charge is 2.42. The van der Waals surface area contributed by atoms with Gasteiger partial charge in [-0.15, -0.1) is 6.58 Å². The highest BCUT2D eigenvalue weighted by atomic mass is 16.6. The zero-order valence-electron chi connectivity index (χ0n) is 15.7. The van der Waals surface area contributed by atoms with E-state index in [2.05, 4.69) is 30.4 Å². The van der Waals surface area contributed by atoms with Gasteiger partial charge < -0.3 is 4.74 Å². The second kappa shape index (κ2) is 8.41. The molecule has 0 bridgehead atoms. The molecule has 6 nitrogen and oxygen atoms in total. The minimum absolute atomic E-state index is 0.0519. The molecule has 0 spiro atoms. The fourth-order valence-corrected chi connectivity index (χ4v) is 4.10. The monoisotopic (exact) mass is 347 g/mol. The Balaban J connectivity index is 2.32. The van der Waals surface area contributed by atoms with Gasteiger partial charge in [0.05, 0.1) is 4.92 Å². The molecule has 0 radical (unpaired) electrons. The van der Waals surface area contributed by atoms with E-state index in [4.69, 9.17) is 4.74 Å². The molecule has 1 aliphatic rings. The number of nitrogens with zero attached hydrogens (tertiary/aromatic N) is 3. The minimum atomic E-state index is -0.438. The van der Waals surface area contributed by atoms with E-state index in [1.165, 1.54) is 0 Å². The maximum atomic E-state index is 11.5. The first-order valence-corrected chi connectivity index (χ1v) is 9.16. The van der Waals surface area contributed by atoms with Crippen molar-refractivity contribution in [3.8, 4) is 5.88 Å². The standard InChI is InChI=1S/C19H29N3O3/c1-6-8-10-16-11-15(9-7-2)12(3)18(16)25-19-17(22(23)24)13(4)20-14(5)21-19/h6,12,15-16,18H,1,7-11H2,2-5H3/t12-,15+,16?,18-/m1/s1. The molecule has 4 atom stereocenters. The largest absolute Gasteiger partial charge is 0.469 e. The molecule has 1 unspecified atom stereocenters. The molecule has 0 aliphatic heterocycles. The molecule has 138 valence electrons. The van der Waals surface area contributed by atoms with Crippen LogP contribution in [0.3, 0.4) is 0 Å². The van der Waals surface area contributed by atoms with Crippen LogP contribution in [0.25, 0.3) is 0 Å². The Hall–Kier alpha value is -1.98. The van der Waals surface area contributed by atoms with Crippen LogP contribution in [-0.2, 0) is 0 Å². The van der Waals surface area contributed by atoms with Crippen molar-refractivity contribution in [2.75, 3.05) is 0 Å². The van der Waals surface area contributed by atoms with Gasteiger partial charge in [0, 0.05) is 0 Å². The van der Waals surface area contributed by atoms with Gasteiger partial charge in [-0.25, -0.2) is 4.98 Å². The number of hydrogen-bond acceptors (Lipinski definition) is 5. The minimum Gasteiger partial charge on any atom is -0.469 e. The number of rotatable bonds is 8. The topological polar surface area (TPSA) is 78.2 Å². The summed E-state index contributed by atoms with van der Waals surface area (Å²) < 4.78 is 6.20. The van der Waals surface area contributed by atoms with Crippen molar-refractivity contribution in [2.45, 2.75) is 65.9 Å². The van der Waals surface area contributed by atoms with Gasteiger partial charge in [-0.3, -0.25) is 10.1 Å². The maximum absolute atomic E-state index is 11.5. The Kier molecular flexibility index (Phi) is 6.51. The van der Waals surface area contributed by atoms with Gasteiger partial charge in [-0.2, -0.15) is 4.98 Å². The van der Waals surface area contributed by atoms with Crippen molar-refractivity contribution in [2.24, 2.45) is 17.8 Å². The van der Waals surface area contributed by atoms with Crippen LogP contribution in [0, 0.1) is 41.7 Å². The van der Waals surface area contributed by atoms with Crippen LogP contribution in [0.1, 0.15) is 57.5 Å². The Bertz CT molecular complexity index is 633. The second-order valence-corrected chi connectivity index (χ2v) is 7.12. The summed E-state index contributed by atoms with van der Waals surface area (Å²) in [6.45, 7) is 11.6. The summed E-state index contributed by atoms with van der Waals surface area (Å²) in [6, 6.07) is 0. The van der Waals surface area contributed by atoms with E-state index in [9.17, 15) is 10.1 Å². The molecule has 2 rings (SSSR count). The number of nitro groups is 1. The number of aromatic nitrogens is 2. The van der Waals surface area contributed by atoms with E-state index >= 15 is 0 Å². The third-order valence-corrected chi connectivity index (χ3v) is 5.30. The zero-order chi connectivity index (χ0) is 18.6. The van der Waals surface area contributed by atoms with E-state index in [0.717, 1.165) is 32.1 Å². The molecular weight excluding hydrogens is 318 g/mol. The van der Waals surface area contributed by atoms with Crippen molar-refractivity contribution >= 4 is 5.69 Å². The predicted octanol–water partition coefficient (Wildman–Crippen LogP) is 4.79. The summed E-state index contributed by atoms with van der Waals surface area (Å²) >= 11 is 0. The fourth-order valence-electron chi connectivity index (χ4n) is 4.10. The summed E-state index contributed by atoms with van der Waals surface area (Å²) in [6.07, 6.45) is 7.21. The van der Waals surface area contributed by atoms with Gasteiger partial charge in [-0.1, -0.05) is 32.8 Å². The van der Waals surface area contributed by atoms with E-state index in [0.29, 0.717) is 29.3 Å². The fraction of sp³-hybridized carbons (Fsp3) is 0.684. The summed E-state index contributed by atoms with van der Waals surface area (Å²) in [5.74, 6) is 1.93. The molecule has 1 saturated carbocycles. The lowest BCUT2D eigenvalue weighted by atomic mass is 9.93. The number of aryl methyl sites for hydroxylation is 2. The molecule has 0 saturated heterocycles. The molecule has 25 heavy (non-hydrogen) atoms. The van der Waals surface area contributed by atoms with Crippen LogP contribution < -0.4 is 4.74 Å². The second-order valence-electron chi connectivity index (χ2n) is 7.12. The molecule has 0 N–H and O–H groups in total. The Labute approximate surface area is 149 Å².